The lowest BCUT2D eigenvalue weighted by Gasteiger charge is -2.34. The summed E-state index contributed by atoms with van der Waals surface area (Å²) in [7, 11) is 0. The normalized spacial score (nSPS) is 25.1. The summed E-state index contributed by atoms with van der Waals surface area (Å²) in [4.78, 5) is 42.0. The molecule has 1 aromatic rings. The summed E-state index contributed by atoms with van der Waals surface area (Å²) in [5.41, 5.74) is -0.793. The van der Waals surface area contributed by atoms with Crippen LogP contribution in [-0.4, -0.2) is 46.3 Å². The number of thiophene rings is 1. The maximum absolute atomic E-state index is 13.0. The van der Waals surface area contributed by atoms with E-state index >= 15 is 0 Å². The van der Waals surface area contributed by atoms with Gasteiger partial charge in [-0.05, 0) is 66.6 Å². The van der Waals surface area contributed by atoms with Crippen molar-refractivity contribution in [1.29, 1.82) is 0 Å². The summed E-state index contributed by atoms with van der Waals surface area (Å²) in [5.74, 6) is 0.187. The highest BCUT2D eigenvalue weighted by Gasteiger charge is 2.52. The van der Waals surface area contributed by atoms with Crippen LogP contribution < -0.4 is 5.32 Å². The van der Waals surface area contributed by atoms with Crippen molar-refractivity contribution in [3.05, 3.63) is 20.8 Å². The third-order valence-electron chi connectivity index (χ3n) is 5.79. The monoisotopic (exact) mass is 455 g/mol. The van der Waals surface area contributed by atoms with Crippen molar-refractivity contribution in [1.82, 2.24) is 15.1 Å². The maximum atomic E-state index is 13.0. The van der Waals surface area contributed by atoms with Crippen LogP contribution in [0, 0.1) is 5.92 Å². The zero-order chi connectivity index (χ0) is 19.6. The summed E-state index contributed by atoms with van der Waals surface area (Å²) >= 11 is 5.00. The average Bonchev–Trinajstić information content (AvgIpc) is 3.17. The molecular weight excluding hydrogens is 430 g/mol. The quantitative estimate of drug-likeness (QED) is 0.663. The van der Waals surface area contributed by atoms with Gasteiger partial charge in [-0.2, -0.15) is 0 Å². The molecule has 1 N–H and O–H groups in total. The van der Waals surface area contributed by atoms with Crippen molar-refractivity contribution >= 4 is 45.1 Å². The van der Waals surface area contributed by atoms with Gasteiger partial charge in [0.05, 0.1) is 10.3 Å². The van der Waals surface area contributed by atoms with Crippen molar-refractivity contribution < 1.29 is 14.4 Å². The minimum absolute atomic E-state index is 0.190. The van der Waals surface area contributed by atoms with Crippen molar-refractivity contribution in [2.45, 2.75) is 58.0 Å². The second kappa shape index (κ2) is 8.31. The first kappa shape index (κ1) is 20.3. The minimum Gasteiger partial charge on any atom is -0.336 e. The predicted octanol–water partition coefficient (Wildman–Crippen LogP) is 3.75. The average molecular weight is 456 g/mol. The Labute approximate surface area is 172 Å². The fourth-order valence-electron chi connectivity index (χ4n) is 3.97. The first-order valence-corrected chi connectivity index (χ1v) is 11.2. The first-order chi connectivity index (χ1) is 12.9. The zero-order valence-electron chi connectivity index (χ0n) is 15.8. The van der Waals surface area contributed by atoms with Gasteiger partial charge in [-0.15, -0.1) is 11.3 Å². The number of imide groups is 1. The topological polar surface area (TPSA) is 69.7 Å². The molecule has 0 aromatic carbocycles. The van der Waals surface area contributed by atoms with Gasteiger partial charge < -0.3 is 10.2 Å². The van der Waals surface area contributed by atoms with E-state index < -0.39 is 11.6 Å². The number of rotatable bonds is 6. The smallest absolute Gasteiger partial charge is 0.325 e. The number of amides is 4. The van der Waals surface area contributed by atoms with E-state index in [9.17, 15) is 14.4 Å². The Morgan fingerprint density at radius 1 is 1.33 bits per heavy atom. The largest absolute Gasteiger partial charge is 0.336 e. The molecule has 1 aromatic heterocycles. The van der Waals surface area contributed by atoms with E-state index in [-0.39, 0.29) is 18.4 Å². The molecule has 8 heteroatoms. The Morgan fingerprint density at radius 2 is 2.04 bits per heavy atom. The van der Waals surface area contributed by atoms with Crippen LogP contribution in [0.5, 0.6) is 0 Å². The highest BCUT2D eigenvalue weighted by atomic mass is 79.9. The van der Waals surface area contributed by atoms with Crippen LogP contribution in [0.4, 0.5) is 4.79 Å². The fraction of sp³-hybridized carbons (Fsp3) is 0.632. The Balaban J connectivity index is 1.64. The molecule has 6 nitrogen and oxygen atoms in total. The molecule has 1 aliphatic carbocycles. The van der Waals surface area contributed by atoms with E-state index in [0.717, 1.165) is 32.8 Å². The number of hydrogen-bond acceptors (Lipinski definition) is 4. The lowest BCUT2D eigenvalue weighted by molar-refractivity contribution is -0.140. The number of halogens is 1. The summed E-state index contributed by atoms with van der Waals surface area (Å²) in [6, 6.07) is 3.49. The summed E-state index contributed by atoms with van der Waals surface area (Å²) < 4.78 is 1.01. The molecular formula is C19H26BrN3O3S. The lowest BCUT2D eigenvalue weighted by atomic mass is 9.75. The minimum atomic E-state index is -0.793. The molecule has 2 aliphatic rings. The first-order valence-electron chi connectivity index (χ1n) is 9.54. The van der Waals surface area contributed by atoms with Crippen LogP contribution in [-0.2, 0) is 16.1 Å². The second-order valence-corrected chi connectivity index (χ2v) is 9.92. The van der Waals surface area contributed by atoms with Gasteiger partial charge in [-0.3, -0.25) is 14.5 Å². The molecule has 3 rings (SSSR count). The van der Waals surface area contributed by atoms with Gasteiger partial charge in [-0.25, -0.2) is 4.79 Å². The van der Waals surface area contributed by atoms with Crippen molar-refractivity contribution in [2.75, 3.05) is 13.1 Å². The van der Waals surface area contributed by atoms with E-state index in [4.69, 9.17) is 0 Å². The Kier molecular flexibility index (Phi) is 6.25. The third-order valence-corrected chi connectivity index (χ3v) is 7.39. The lowest BCUT2D eigenvalue weighted by Crippen LogP contribution is -2.50. The van der Waals surface area contributed by atoms with E-state index in [1.807, 2.05) is 19.1 Å². The van der Waals surface area contributed by atoms with E-state index in [1.165, 1.54) is 0 Å². The molecule has 1 saturated heterocycles. The van der Waals surface area contributed by atoms with Crippen LogP contribution in [0.25, 0.3) is 0 Å². The van der Waals surface area contributed by atoms with E-state index in [1.54, 1.807) is 16.2 Å². The van der Waals surface area contributed by atoms with Crippen LogP contribution >= 0.6 is 27.3 Å². The number of urea groups is 1. The van der Waals surface area contributed by atoms with E-state index in [2.05, 4.69) is 28.2 Å². The third kappa shape index (κ3) is 4.21. The van der Waals surface area contributed by atoms with Gasteiger partial charge >= 0.3 is 6.03 Å². The van der Waals surface area contributed by atoms with Crippen LogP contribution in [0.3, 0.4) is 0 Å². The van der Waals surface area contributed by atoms with Gasteiger partial charge in [0, 0.05) is 11.4 Å². The zero-order valence-corrected chi connectivity index (χ0v) is 18.2. The number of nitrogens with one attached hydrogen (secondary N) is 1. The highest BCUT2D eigenvalue weighted by molar-refractivity contribution is 9.11. The summed E-state index contributed by atoms with van der Waals surface area (Å²) in [6.07, 6.45) is 4.32. The molecule has 0 atom stereocenters. The molecule has 148 valence electrons. The van der Waals surface area contributed by atoms with E-state index in [0.29, 0.717) is 31.8 Å². The summed E-state index contributed by atoms with van der Waals surface area (Å²) in [6.45, 7) is 4.89. The number of nitrogens with zero attached hydrogens (tertiary/aromatic N) is 2. The Bertz CT molecular complexity index is 728. The van der Waals surface area contributed by atoms with Crippen LogP contribution in [0.15, 0.2) is 15.9 Å². The fourth-order valence-corrected chi connectivity index (χ4v) is 5.47. The van der Waals surface area contributed by atoms with Crippen LogP contribution in [0.1, 0.15) is 50.8 Å². The van der Waals surface area contributed by atoms with Gasteiger partial charge in [0.25, 0.3) is 5.91 Å². The molecule has 4 amide bonds. The summed E-state index contributed by atoms with van der Waals surface area (Å²) in [5, 5.41) is 2.89. The molecule has 1 aliphatic heterocycles. The highest BCUT2D eigenvalue weighted by Crippen LogP contribution is 2.37. The molecule has 1 saturated carbocycles. The second-order valence-electron chi connectivity index (χ2n) is 7.37. The van der Waals surface area contributed by atoms with Gasteiger partial charge in [0.15, 0.2) is 0 Å². The molecule has 2 heterocycles. The van der Waals surface area contributed by atoms with Gasteiger partial charge in [0.1, 0.15) is 12.1 Å². The van der Waals surface area contributed by atoms with Crippen LogP contribution in [0.2, 0.25) is 0 Å². The SMILES string of the molecule is CCC1CCC2(CC1)NC(=O)N(CC(=O)N(CC)Cc1ccc(Br)s1)C2=O. The maximum Gasteiger partial charge on any atom is 0.325 e. The van der Waals surface area contributed by atoms with Crippen molar-refractivity contribution in [3.8, 4) is 0 Å². The Morgan fingerprint density at radius 3 is 2.59 bits per heavy atom. The van der Waals surface area contributed by atoms with Gasteiger partial charge in [0.2, 0.25) is 5.91 Å². The molecule has 1 spiro atoms. The molecule has 2 fully saturated rings. The van der Waals surface area contributed by atoms with Gasteiger partial charge in [-0.1, -0.05) is 13.3 Å². The number of hydrogen-bond donors (Lipinski definition) is 1. The molecule has 27 heavy (non-hydrogen) atoms. The molecule has 0 unspecified atom stereocenters. The van der Waals surface area contributed by atoms with Crippen molar-refractivity contribution in [2.24, 2.45) is 5.92 Å². The molecule has 0 radical (unpaired) electrons. The Hall–Kier alpha value is -1.41. The van der Waals surface area contributed by atoms with Crippen molar-refractivity contribution in [3.63, 3.8) is 0 Å². The number of likely N-dealkylation sites (N-methyl/N-ethyl adjacent to an activating group) is 1. The number of carbonyl (C=O) groups is 3. The standard InChI is InChI=1S/C19H26BrN3O3S/c1-3-13-7-9-19(10-8-13)17(25)23(18(26)21-19)12-16(24)22(4-2)11-14-5-6-15(20)27-14/h5-6,13H,3-4,7-12H2,1-2H3,(H,21,26). The predicted molar refractivity (Wildman–Crippen MR) is 108 cm³/mol. The molecule has 0 bridgehead atoms. The number of carbonyl (C=O) groups excluding carboxylic acids is 3.